The average Bonchev–Trinajstić information content (AvgIpc) is 3.81. The van der Waals surface area contributed by atoms with Gasteiger partial charge >= 0.3 is 0 Å². The Hall–Kier alpha value is -5.90. The normalized spacial score (nSPS) is 12.2. The van der Waals surface area contributed by atoms with E-state index in [9.17, 15) is 0 Å². The molecule has 0 saturated heterocycles. The van der Waals surface area contributed by atoms with E-state index in [0.717, 1.165) is 0 Å². The number of hydrogen-bond donors (Lipinski definition) is 0. The molecular weight excluding hydrogens is 689 g/mol. The van der Waals surface area contributed by atoms with Crippen LogP contribution >= 0.6 is 11.3 Å². The van der Waals surface area contributed by atoms with Gasteiger partial charge in [0.15, 0.2) is 0 Å². The van der Waals surface area contributed by atoms with Gasteiger partial charge in [-0.3, -0.25) is 0 Å². The van der Waals surface area contributed by atoms with Crippen LogP contribution in [-0.4, -0.2) is 43.8 Å². The molecule has 8 aromatic carbocycles. The molecule has 2 aromatic heterocycles. The quantitative estimate of drug-likeness (QED) is 0.169. The summed E-state index contributed by atoms with van der Waals surface area (Å²) in [5.41, 5.74) is 19.6. The summed E-state index contributed by atoms with van der Waals surface area (Å²) in [5, 5.41) is 5.21. The fraction of sp³-hybridized carbons (Fsp3) is 0.0204. The van der Waals surface area contributed by atoms with Crippen LogP contribution in [0.15, 0.2) is 164 Å². The Balaban J connectivity index is 1.12. The largest absolute Gasteiger partial charge is 0.309 e. The molecule has 10 aromatic rings. The maximum Gasteiger partial charge on any atom is 0.138 e. The van der Waals surface area contributed by atoms with Gasteiger partial charge in [-0.25, -0.2) is 0 Å². The lowest BCUT2D eigenvalue weighted by Gasteiger charge is -2.28. The number of hydrogen-bond acceptors (Lipinski definition) is 1. The minimum absolute atomic E-state index is 0.0859. The van der Waals surface area contributed by atoms with Crippen LogP contribution in [0.1, 0.15) is 22.6 Å². The summed E-state index contributed by atoms with van der Waals surface area (Å²) >= 11 is 1.89. The zero-order chi connectivity index (χ0) is 38.1. The van der Waals surface area contributed by atoms with Crippen LogP contribution in [0.25, 0.3) is 69.9 Å². The molecular formula is C49H38B5NS. The van der Waals surface area contributed by atoms with Crippen molar-refractivity contribution in [2.45, 2.75) is 5.92 Å². The van der Waals surface area contributed by atoms with E-state index in [0.29, 0.717) is 0 Å². The zero-order valence-corrected chi connectivity index (χ0v) is 33.3. The van der Waals surface area contributed by atoms with Gasteiger partial charge in [-0.05, 0) is 57.6 Å². The molecule has 0 radical (unpaired) electrons. The Morgan fingerprint density at radius 1 is 0.411 bits per heavy atom. The monoisotopic (exact) mass is 727 g/mol. The highest BCUT2D eigenvalue weighted by Gasteiger charge is 2.24. The van der Waals surface area contributed by atoms with Crippen LogP contribution in [0.3, 0.4) is 0 Å². The standard InChI is InChI=1S/C49H38B5NS/c50-43-42(44(51)46(53)47(54)45(43)52)41(31-26-22-29(23-27-31)34-15-9-17-38-36-13-5-7-19-40(36)56-49(34)38)30-24-20-28(21-25-30)33-14-8-16-37-35-12-4-6-18-39(35)55(48(33)37)32-10-2-1-3-11-32/h1-27,41H,50-54H2. The van der Waals surface area contributed by atoms with E-state index in [4.69, 9.17) is 0 Å². The molecule has 7 heteroatoms. The molecule has 260 valence electrons. The summed E-state index contributed by atoms with van der Waals surface area (Å²) < 4.78 is 5.12. The highest BCUT2D eigenvalue weighted by atomic mass is 32.1. The van der Waals surface area contributed by atoms with E-state index >= 15 is 0 Å². The molecule has 56 heavy (non-hydrogen) atoms. The second-order valence-corrected chi connectivity index (χ2v) is 16.4. The van der Waals surface area contributed by atoms with Crippen LogP contribution in [0.5, 0.6) is 0 Å². The lowest BCUT2D eigenvalue weighted by atomic mass is 9.58. The molecule has 0 bridgehead atoms. The number of aromatic nitrogens is 1. The molecule has 0 aliphatic heterocycles. The van der Waals surface area contributed by atoms with Crippen molar-refractivity contribution in [2.75, 3.05) is 0 Å². The maximum atomic E-state index is 2.43. The van der Waals surface area contributed by atoms with Crippen LogP contribution in [0, 0.1) is 0 Å². The first-order valence-corrected chi connectivity index (χ1v) is 20.5. The minimum atomic E-state index is 0.0859. The van der Waals surface area contributed by atoms with Crippen LogP contribution < -0.4 is 27.3 Å². The molecule has 1 unspecified atom stereocenters. The van der Waals surface area contributed by atoms with Gasteiger partial charge < -0.3 is 4.57 Å². The van der Waals surface area contributed by atoms with Crippen molar-refractivity contribution >= 4 is 120 Å². The van der Waals surface area contributed by atoms with E-state index in [1.165, 1.54) is 114 Å². The van der Waals surface area contributed by atoms with Crippen LogP contribution in [0.4, 0.5) is 0 Å². The van der Waals surface area contributed by atoms with Crippen molar-refractivity contribution < 1.29 is 0 Å². The third kappa shape index (κ3) is 5.44. The predicted molar refractivity (Wildman–Crippen MR) is 259 cm³/mol. The van der Waals surface area contributed by atoms with E-state index in [1.54, 1.807) is 0 Å². The first kappa shape index (κ1) is 34.6. The predicted octanol–water partition coefficient (Wildman–Crippen LogP) is 4.96. The molecule has 1 atom stereocenters. The molecule has 0 fully saturated rings. The number of thiophene rings is 1. The van der Waals surface area contributed by atoms with Gasteiger partial charge in [0.2, 0.25) is 0 Å². The topological polar surface area (TPSA) is 4.93 Å². The smallest absolute Gasteiger partial charge is 0.138 e. The molecule has 0 amide bonds. The summed E-state index contributed by atoms with van der Waals surface area (Å²) in [6.45, 7) is 0. The molecule has 2 heterocycles. The number of para-hydroxylation sites is 3. The Kier molecular flexibility index (Phi) is 8.45. The summed E-state index contributed by atoms with van der Waals surface area (Å²) in [7, 11) is 11.5. The van der Waals surface area contributed by atoms with Gasteiger partial charge in [-0.15, -0.1) is 27.7 Å². The van der Waals surface area contributed by atoms with Gasteiger partial charge in [0, 0.05) is 48.1 Å². The van der Waals surface area contributed by atoms with Crippen molar-refractivity contribution in [2.24, 2.45) is 0 Å². The summed E-state index contributed by atoms with van der Waals surface area (Å²) in [6, 6.07) is 60.7. The summed E-state index contributed by atoms with van der Waals surface area (Å²) in [5.74, 6) is 0.0859. The van der Waals surface area contributed by atoms with Gasteiger partial charge in [-0.2, -0.15) is 0 Å². The summed E-state index contributed by atoms with van der Waals surface area (Å²) in [6.07, 6.45) is 0. The average molecular weight is 727 g/mol. The van der Waals surface area contributed by atoms with Crippen molar-refractivity contribution in [3.05, 3.63) is 180 Å². The minimum Gasteiger partial charge on any atom is -0.309 e. The highest BCUT2D eigenvalue weighted by molar-refractivity contribution is 7.26. The van der Waals surface area contributed by atoms with Gasteiger partial charge in [-0.1, -0.05) is 150 Å². The third-order valence-corrected chi connectivity index (χ3v) is 13.8. The molecule has 10 rings (SSSR count). The van der Waals surface area contributed by atoms with Crippen molar-refractivity contribution in [3.8, 4) is 27.9 Å². The van der Waals surface area contributed by atoms with E-state index in [2.05, 4.69) is 208 Å². The first-order chi connectivity index (χ1) is 27.4. The first-order valence-electron chi connectivity index (χ1n) is 19.6. The molecule has 1 nitrogen and oxygen atoms in total. The number of nitrogens with zero attached hydrogens (tertiary/aromatic N) is 1. The fourth-order valence-corrected chi connectivity index (χ4v) is 10.5. The van der Waals surface area contributed by atoms with E-state index < -0.39 is 0 Å². The number of benzene rings is 8. The second-order valence-electron chi connectivity index (χ2n) is 15.4. The maximum absolute atomic E-state index is 2.43. The lowest BCUT2D eigenvalue weighted by Crippen LogP contribution is -2.56. The van der Waals surface area contributed by atoms with Crippen LogP contribution in [-0.2, 0) is 0 Å². The van der Waals surface area contributed by atoms with Crippen molar-refractivity contribution in [1.82, 2.24) is 4.57 Å². The Morgan fingerprint density at radius 2 is 0.929 bits per heavy atom. The zero-order valence-electron chi connectivity index (χ0n) is 32.5. The van der Waals surface area contributed by atoms with Gasteiger partial charge in [0.25, 0.3) is 0 Å². The van der Waals surface area contributed by atoms with Crippen molar-refractivity contribution in [3.63, 3.8) is 0 Å². The Morgan fingerprint density at radius 3 is 1.61 bits per heavy atom. The van der Waals surface area contributed by atoms with Crippen molar-refractivity contribution in [1.29, 1.82) is 0 Å². The fourth-order valence-electron chi connectivity index (χ4n) is 9.27. The van der Waals surface area contributed by atoms with E-state index in [1.807, 2.05) is 11.3 Å². The van der Waals surface area contributed by atoms with E-state index in [-0.39, 0.29) is 5.92 Å². The summed E-state index contributed by atoms with van der Waals surface area (Å²) in [4.78, 5) is 0. The molecule has 0 spiro atoms. The van der Waals surface area contributed by atoms with Crippen LogP contribution in [0.2, 0.25) is 0 Å². The molecule has 0 aliphatic rings. The highest BCUT2D eigenvalue weighted by Crippen LogP contribution is 2.42. The second kappa shape index (κ2) is 13.7. The Labute approximate surface area is 337 Å². The Bertz CT molecular complexity index is 3100. The molecule has 0 N–H and O–H groups in total. The van der Waals surface area contributed by atoms with Gasteiger partial charge in [0.05, 0.1) is 11.0 Å². The molecule has 0 saturated carbocycles. The third-order valence-electron chi connectivity index (χ3n) is 12.6. The number of fused-ring (bicyclic) bond motifs is 6. The number of rotatable bonds is 6. The van der Waals surface area contributed by atoms with Gasteiger partial charge in [0.1, 0.15) is 39.2 Å². The molecule has 0 aliphatic carbocycles. The lowest BCUT2D eigenvalue weighted by molar-refractivity contribution is 0.996. The SMILES string of the molecule is Bc1c(B)c(B)c(C(c2ccc(-c3cccc4c3sc3ccccc34)cc2)c2ccc(-c3cccc4c5ccccc5n(-c5ccccc5)c34)cc2)c(B)c1B.